The number of imide groups is 1. The van der Waals surface area contributed by atoms with Crippen molar-refractivity contribution in [3.8, 4) is 11.5 Å². The highest BCUT2D eigenvalue weighted by Crippen LogP contribution is 2.36. The first-order valence-electron chi connectivity index (χ1n) is 9.61. The van der Waals surface area contributed by atoms with E-state index in [1.54, 1.807) is 18.2 Å². The van der Waals surface area contributed by atoms with Crippen molar-refractivity contribution in [1.29, 1.82) is 0 Å². The lowest BCUT2D eigenvalue weighted by Gasteiger charge is -2.15. The molecular formula is C22H21FN2O4. The minimum Gasteiger partial charge on any atom is -0.454 e. The van der Waals surface area contributed by atoms with Gasteiger partial charge in [0.1, 0.15) is 11.5 Å². The minimum absolute atomic E-state index is 0.144. The molecule has 2 aliphatic heterocycles. The lowest BCUT2D eigenvalue weighted by atomic mass is 10.0. The maximum Gasteiger partial charge on any atom is 0.278 e. The topological polar surface area (TPSA) is 67.9 Å². The summed E-state index contributed by atoms with van der Waals surface area (Å²) in [6.07, 6.45) is 2.65. The molecule has 4 rings (SSSR count). The summed E-state index contributed by atoms with van der Waals surface area (Å²) in [5.74, 6) is 0.0223. The van der Waals surface area contributed by atoms with Gasteiger partial charge in [0.05, 0.1) is 5.57 Å². The van der Waals surface area contributed by atoms with E-state index in [4.69, 9.17) is 9.47 Å². The highest BCUT2D eigenvalue weighted by Gasteiger charge is 2.39. The van der Waals surface area contributed by atoms with E-state index < -0.39 is 5.82 Å². The van der Waals surface area contributed by atoms with Crippen molar-refractivity contribution in [3.63, 3.8) is 0 Å². The van der Waals surface area contributed by atoms with Crippen molar-refractivity contribution in [2.75, 3.05) is 18.7 Å². The zero-order valence-electron chi connectivity index (χ0n) is 16.0. The van der Waals surface area contributed by atoms with Gasteiger partial charge in [-0.2, -0.15) is 0 Å². The van der Waals surface area contributed by atoms with Crippen molar-refractivity contribution in [2.45, 2.75) is 26.2 Å². The molecule has 2 aromatic carbocycles. The van der Waals surface area contributed by atoms with E-state index in [1.807, 2.05) is 0 Å². The van der Waals surface area contributed by atoms with Crippen LogP contribution in [0, 0.1) is 5.82 Å². The molecule has 6 nitrogen and oxygen atoms in total. The van der Waals surface area contributed by atoms with Gasteiger partial charge >= 0.3 is 0 Å². The van der Waals surface area contributed by atoms with Gasteiger partial charge in [0.15, 0.2) is 11.5 Å². The Hall–Kier alpha value is -3.35. The summed E-state index contributed by atoms with van der Waals surface area (Å²) in [7, 11) is 0. The van der Waals surface area contributed by atoms with E-state index in [-0.39, 0.29) is 29.9 Å². The zero-order chi connectivity index (χ0) is 20.4. The predicted molar refractivity (Wildman–Crippen MR) is 106 cm³/mol. The summed E-state index contributed by atoms with van der Waals surface area (Å²) < 4.78 is 24.1. The van der Waals surface area contributed by atoms with Crippen LogP contribution >= 0.6 is 0 Å². The number of anilines is 1. The predicted octanol–water partition coefficient (Wildman–Crippen LogP) is 3.94. The van der Waals surface area contributed by atoms with E-state index in [0.29, 0.717) is 29.3 Å². The Morgan fingerprint density at radius 3 is 2.52 bits per heavy atom. The highest BCUT2D eigenvalue weighted by molar-refractivity contribution is 6.36. The number of halogens is 1. The van der Waals surface area contributed by atoms with Crippen LogP contribution in [-0.2, 0) is 9.59 Å². The van der Waals surface area contributed by atoms with E-state index >= 15 is 0 Å². The lowest BCUT2D eigenvalue weighted by molar-refractivity contribution is -0.136. The van der Waals surface area contributed by atoms with Gasteiger partial charge in [-0.15, -0.1) is 0 Å². The fourth-order valence-electron chi connectivity index (χ4n) is 3.42. The Bertz CT molecular complexity index is 985. The van der Waals surface area contributed by atoms with E-state index in [2.05, 4.69) is 12.2 Å². The second-order valence-corrected chi connectivity index (χ2v) is 6.92. The van der Waals surface area contributed by atoms with E-state index in [9.17, 15) is 14.0 Å². The quantitative estimate of drug-likeness (QED) is 0.567. The molecule has 2 heterocycles. The van der Waals surface area contributed by atoms with Crippen LogP contribution in [0.15, 0.2) is 48.2 Å². The Kier molecular flexibility index (Phi) is 5.20. The maximum atomic E-state index is 13.4. The molecule has 150 valence electrons. The van der Waals surface area contributed by atoms with Gasteiger partial charge in [0, 0.05) is 18.3 Å². The highest BCUT2D eigenvalue weighted by atomic mass is 19.1. The number of carbonyl (C=O) groups is 2. The molecule has 2 amide bonds. The average Bonchev–Trinajstić information content (AvgIpc) is 3.27. The zero-order valence-corrected chi connectivity index (χ0v) is 16.0. The number of nitrogens with one attached hydrogen (secondary N) is 1. The second kappa shape index (κ2) is 7.95. The van der Waals surface area contributed by atoms with Gasteiger partial charge in [-0.3, -0.25) is 14.5 Å². The van der Waals surface area contributed by atoms with Gasteiger partial charge < -0.3 is 14.8 Å². The van der Waals surface area contributed by atoms with Gasteiger partial charge in [-0.05, 0) is 36.2 Å². The number of hydrogen-bond donors (Lipinski definition) is 1. The van der Waals surface area contributed by atoms with Crippen LogP contribution in [0.3, 0.4) is 0 Å². The number of rotatable bonds is 7. The first-order valence-corrected chi connectivity index (χ1v) is 9.61. The summed E-state index contributed by atoms with van der Waals surface area (Å²) in [6.45, 7) is 2.55. The number of fused-ring (bicyclic) bond motifs is 1. The molecule has 7 heteroatoms. The molecular weight excluding hydrogens is 375 g/mol. The number of benzene rings is 2. The lowest BCUT2D eigenvalue weighted by Crippen LogP contribution is -2.33. The number of ether oxygens (including phenoxy) is 2. The van der Waals surface area contributed by atoms with Gasteiger partial charge in [0.25, 0.3) is 11.8 Å². The van der Waals surface area contributed by atoms with Crippen molar-refractivity contribution in [3.05, 3.63) is 59.5 Å². The largest absolute Gasteiger partial charge is 0.454 e. The van der Waals surface area contributed by atoms with Crippen LogP contribution in [-0.4, -0.2) is 30.1 Å². The van der Waals surface area contributed by atoms with Crippen LogP contribution in [0.5, 0.6) is 11.5 Å². The SMILES string of the molecule is CCCCCN1C(=O)C(Nc2ccc3c(c2)OCO3)=C(c2ccc(F)cc2)C1=O. The first kappa shape index (κ1) is 19.0. The Morgan fingerprint density at radius 1 is 1.00 bits per heavy atom. The van der Waals surface area contributed by atoms with Gasteiger partial charge in [-0.1, -0.05) is 31.9 Å². The molecule has 1 N–H and O–H groups in total. The first-order chi connectivity index (χ1) is 14.1. The summed E-state index contributed by atoms with van der Waals surface area (Å²) in [5.41, 5.74) is 1.51. The van der Waals surface area contributed by atoms with Crippen LogP contribution in [0.1, 0.15) is 31.7 Å². The molecule has 0 bridgehead atoms. The summed E-state index contributed by atoms with van der Waals surface area (Å²) in [6, 6.07) is 10.8. The minimum atomic E-state index is -0.406. The van der Waals surface area contributed by atoms with Crippen molar-refractivity contribution >= 4 is 23.1 Å². The number of nitrogens with zero attached hydrogens (tertiary/aromatic N) is 1. The molecule has 0 atom stereocenters. The van der Waals surface area contributed by atoms with E-state index in [0.717, 1.165) is 19.3 Å². The number of hydrogen-bond acceptors (Lipinski definition) is 5. The molecule has 0 unspecified atom stereocenters. The molecule has 0 spiro atoms. The van der Waals surface area contributed by atoms with Gasteiger partial charge in [0.2, 0.25) is 6.79 Å². The number of unbranched alkanes of at least 4 members (excludes halogenated alkanes) is 2. The summed E-state index contributed by atoms with van der Waals surface area (Å²) in [5, 5.41) is 3.07. The summed E-state index contributed by atoms with van der Waals surface area (Å²) in [4.78, 5) is 27.4. The number of carbonyl (C=O) groups excluding carboxylic acids is 2. The Morgan fingerprint density at radius 2 is 1.76 bits per heavy atom. The fourth-order valence-corrected chi connectivity index (χ4v) is 3.42. The Labute approximate surface area is 167 Å². The Balaban J connectivity index is 1.69. The summed E-state index contributed by atoms with van der Waals surface area (Å²) >= 11 is 0. The normalized spacial score (nSPS) is 15.4. The standard InChI is InChI=1S/C22H21FN2O4/c1-2-3-4-11-25-21(26)19(14-5-7-15(23)8-6-14)20(22(25)27)24-16-9-10-17-18(12-16)29-13-28-17/h5-10,12,24H,2-4,11,13H2,1H3. The molecule has 0 aliphatic carbocycles. The maximum absolute atomic E-state index is 13.4. The van der Waals surface area contributed by atoms with Crippen molar-refractivity contribution in [2.24, 2.45) is 0 Å². The number of amides is 2. The molecule has 0 saturated carbocycles. The van der Waals surface area contributed by atoms with Gasteiger partial charge in [-0.25, -0.2) is 4.39 Å². The third kappa shape index (κ3) is 3.68. The fraction of sp³-hybridized carbons (Fsp3) is 0.273. The van der Waals surface area contributed by atoms with E-state index in [1.165, 1.54) is 29.2 Å². The molecule has 29 heavy (non-hydrogen) atoms. The third-order valence-corrected chi connectivity index (χ3v) is 4.93. The van der Waals surface area contributed by atoms with Crippen LogP contribution in [0.4, 0.5) is 10.1 Å². The second-order valence-electron chi connectivity index (χ2n) is 6.92. The molecule has 2 aliphatic rings. The molecule has 0 fully saturated rings. The smallest absolute Gasteiger partial charge is 0.278 e. The van der Waals surface area contributed by atoms with Crippen LogP contribution in [0.2, 0.25) is 0 Å². The van der Waals surface area contributed by atoms with Crippen molar-refractivity contribution < 1.29 is 23.5 Å². The molecule has 0 radical (unpaired) electrons. The molecule has 0 saturated heterocycles. The van der Waals surface area contributed by atoms with Crippen molar-refractivity contribution in [1.82, 2.24) is 4.90 Å². The van der Waals surface area contributed by atoms with Crippen LogP contribution in [0.25, 0.3) is 5.57 Å². The van der Waals surface area contributed by atoms with Crippen LogP contribution < -0.4 is 14.8 Å². The molecule has 2 aromatic rings. The third-order valence-electron chi connectivity index (χ3n) is 4.93. The monoisotopic (exact) mass is 396 g/mol. The molecule has 0 aromatic heterocycles. The average molecular weight is 396 g/mol.